The van der Waals surface area contributed by atoms with Gasteiger partial charge in [0.1, 0.15) is 29.0 Å². The number of aliphatic hydroxyl groups excluding tert-OH is 1. The summed E-state index contributed by atoms with van der Waals surface area (Å²) >= 11 is 0. The summed E-state index contributed by atoms with van der Waals surface area (Å²) in [5.74, 6) is -2.81. The lowest BCUT2D eigenvalue weighted by Crippen LogP contribution is -2.44. The lowest BCUT2D eigenvalue weighted by atomic mass is 9.93. The van der Waals surface area contributed by atoms with Crippen molar-refractivity contribution >= 4 is 17.5 Å². The fraction of sp³-hybridized carbons (Fsp3) is 0.296. The molecule has 0 spiro atoms. The summed E-state index contributed by atoms with van der Waals surface area (Å²) in [5, 5.41) is 12.3. The van der Waals surface area contributed by atoms with E-state index >= 15 is 4.39 Å². The predicted molar refractivity (Wildman–Crippen MR) is 135 cm³/mol. The van der Waals surface area contributed by atoms with Crippen LogP contribution in [0.4, 0.5) is 18.9 Å². The van der Waals surface area contributed by atoms with Gasteiger partial charge in [0.2, 0.25) is 5.91 Å². The van der Waals surface area contributed by atoms with E-state index in [1.54, 1.807) is 6.07 Å². The minimum atomic E-state index is -3.03. The van der Waals surface area contributed by atoms with E-state index in [0.717, 1.165) is 6.07 Å². The van der Waals surface area contributed by atoms with E-state index in [1.165, 1.54) is 72.2 Å². The Morgan fingerprint density at radius 3 is 2.44 bits per heavy atom. The first-order chi connectivity index (χ1) is 18.6. The fourth-order valence-corrected chi connectivity index (χ4v) is 4.50. The van der Waals surface area contributed by atoms with E-state index in [0.29, 0.717) is 0 Å². The summed E-state index contributed by atoms with van der Waals surface area (Å²) in [5.41, 5.74) is -0.358. The molecule has 0 radical (unpaired) electrons. The molecule has 2 amide bonds. The van der Waals surface area contributed by atoms with Crippen molar-refractivity contribution in [1.82, 2.24) is 9.88 Å². The fourth-order valence-electron chi connectivity index (χ4n) is 4.50. The van der Waals surface area contributed by atoms with E-state index in [1.807, 2.05) is 0 Å². The number of rotatable bonds is 9. The number of halogens is 3. The molecule has 1 aliphatic rings. The monoisotopic (exact) mass is 545 g/mol. The number of aliphatic hydroxyl groups is 1. The molecule has 3 atom stereocenters. The molecule has 1 aliphatic heterocycles. The highest BCUT2D eigenvalue weighted by Gasteiger charge is 2.44. The third kappa shape index (κ3) is 6.06. The van der Waals surface area contributed by atoms with Gasteiger partial charge in [0, 0.05) is 30.3 Å². The lowest BCUT2D eigenvalue weighted by molar-refractivity contribution is -0.118. The Balaban J connectivity index is 1.68. The largest absolute Gasteiger partial charge is 0.497 e. The van der Waals surface area contributed by atoms with E-state index < -0.39 is 47.9 Å². The molecule has 39 heavy (non-hydrogen) atoms. The Morgan fingerprint density at radius 2 is 1.82 bits per heavy atom. The van der Waals surface area contributed by atoms with Crippen LogP contribution in [0.2, 0.25) is 0 Å². The van der Waals surface area contributed by atoms with E-state index in [2.05, 4.69) is 10.1 Å². The van der Waals surface area contributed by atoms with Gasteiger partial charge in [0.15, 0.2) is 0 Å². The Labute approximate surface area is 221 Å². The van der Waals surface area contributed by atoms with Gasteiger partial charge in [0.25, 0.3) is 11.5 Å². The molecule has 2 heterocycles. The topological polar surface area (TPSA) is 110 Å². The van der Waals surface area contributed by atoms with Crippen LogP contribution in [0, 0.1) is 5.82 Å². The second-order valence-corrected chi connectivity index (χ2v) is 9.00. The molecule has 9 nitrogen and oxygen atoms in total. The molecule has 2 aromatic carbocycles. The van der Waals surface area contributed by atoms with Crippen molar-refractivity contribution in [3.8, 4) is 11.5 Å². The maximum atomic E-state index is 15.1. The van der Waals surface area contributed by atoms with Gasteiger partial charge in [-0.05, 0) is 55.0 Å². The molecule has 12 heteroatoms. The van der Waals surface area contributed by atoms with Gasteiger partial charge >= 0.3 is 6.61 Å². The average Bonchev–Trinajstić information content (AvgIpc) is 3.20. The van der Waals surface area contributed by atoms with Crippen molar-refractivity contribution in [2.45, 2.75) is 38.1 Å². The minimum absolute atomic E-state index is 0.00330. The maximum absolute atomic E-state index is 15.1. The van der Waals surface area contributed by atoms with Crippen molar-refractivity contribution in [3.63, 3.8) is 0 Å². The standard InChI is InChI=1S/C27H26F3N3O6/c1-15(34)13-32-11-3-4-22(25(32)36)33-14-20(19-10-9-18(38-2)12-21(19)28)23(26(33)37)31-24(35)16-5-7-17(8-6-16)39-27(29)30/h3-12,15,20,23,27,34H,13-14H2,1-2H3,(H,31,35)/t15?,20-,23?/m0/s1. The molecule has 0 saturated carbocycles. The molecule has 2 N–H and O–H groups in total. The first kappa shape index (κ1) is 27.7. The number of benzene rings is 2. The van der Waals surface area contributed by atoms with Gasteiger partial charge in [-0.25, -0.2) is 4.39 Å². The van der Waals surface area contributed by atoms with Crippen molar-refractivity contribution in [3.05, 3.63) is 88.1 Å². The second kappa shape index (κ2) is 11.6. The summed E-state index contributed by atoms with van der Waals surface area (Å²) in [7, 11) is 1.38. The molecule has 1 aromatic heterocycles. The van der Waals surface area contributed by atoms with Crippen LogP contribution in [0.1, 0.15) is 28.8 Å². The van der Waals surface area contributed by atoms with Gasteiger partial charge in [0.05, 0.1) is 19.8 Å². The predicted octanol–water partition coefficient (Wildman–Crippen LogP) is 2.91. The summed E-state index contributed by atoms with van der Waals surface area (Å²) < 4.78 is 50.6. The average molecular weight is 546 g/mol. The number of nitrogens with one attached hydrogen (secondary N) is 1. The Bertz CT molecular complexity index is 1410. The summed E-state index contributed by atoms with van der Waals surface area (Å²) in [6, 6.07) is 10.7. The van der Waals surface area contributed by atoms with Crippen LogP contribution in [-0.4, -0.2) is 53.9 Å². The number of nitrogens with zero attached hydrogens (tertiary/aromatic N) is 2. The van der Waals surface area contributed by atoms with Crippen molar-refractivity contribution < 1.29 is 37.3 Å². The van der Waals surface area contributed by atoms with Crippen LogP contribution in [0.5, 0.6) is 11.5 Å². The van der Waals surface area contributed by atoms with Crippen molar-refractivity contribution in [2.24, 2.45) is 0 Å². The molecule has 206 valence electrons. The molecule has 1 saturated heterocycles. The van der Waals surface area contributed by atoms with E-state index in [4.69, 9.17) is 4.74 Å². The van der Waals surface area contributed by atoms with Crippen LogP contribution in [0.25, 0.3) is 0 Å². The summed E-state index contributed by atoms with van der Waals surface area (Å²) in [4.78, 5) is 40.9. The molecule has 3 aromatic rings. The third-order valence-corrected chi connectivity index (χ3v) is 6.30. The zero-order valence-electron chi connectivity index (χ0n) is 21.0. The molecule has 2 unspecified atom stereocenters. The highest BCUT2D eigenvalue weighted by molar-refractivity contribution is 6.05. The SMILES string of the molecule is COc1ccc([C@@H]2CN(c3cccn(CC(C)O)c3=O)C(=O)C2NC(=O)c2ccc(OC(F)F)cc2)c(F)c1. The zero-order chi connectivity index (χ0) is 28.3. The lowest BCUT2D eigenvalue weighted by Gasteiger charge is -2.19. The number of amides is 2. The Morgan fingerprint density at radius 1 is 1.13 bits per heavy atom. The first-order valence-electron chi connectivity index (χ1n) is 12.0. The molecule has 0 bridgehead atoms. The number of hydrogen-bond donors (Lipinski definition) is 2. The zero-order valence-corrected chi connectivity index (χ0v) is 21.0. The highest BCUT2D eigenvalue weighted by atomic mass is 19.3. The number of carbonyl (C=O) groups excluding carboxylic acids is 2. The van der Waals surface area contributed by atoms with Gasteiger partial charge in [-0.2, -0.15) is 8.78 Å². The van der Waals surface area contributed by atoms with Crippen molar-refractivity contribution in [1.29, 1.82) is 0 Å². The molecule has 0 aliphatic carbocycles. The number of hydrogen-bond acceptors (Lipinski definition) is 6. The molecular formula is C27H26F3N3O6. The van der Waals surface area contributed by atoms with Gasteiger partial charge in [-0.15, -0.1) is 0 Å². The minimum Gasteiger partial charge on any atom is -0.497 e. The maximum Gasteiger partial charge on any atom is 0.387 e. The molecule has 1 fully saturated rings. The Kier molecular flexibility index (Phi) is 8.24. The van der Waals surface area contributed by atoms with Crippen LogP contribution in [0.15, 0.2) is 65.6 Å². The highest BCUT2D eigenvalue weighted by Crippen LogP contribution is 2.34. The molecular weight excluding hydrogens is 519 g/mol. The number of anilines is 1. The third-order valence-electron chi connectivity index (χ3n) is 6.30. The van der Waals surface area contributed by atoms with E-state index in [9.17, 15) is 28.3 Å². The summed E-state index contributed by atoms with van der Waals surface area (Å²) in [6.45, 7) is -1.64. The molecule has 4 rings (SSSR count). The number of pyridine rings is 1. The van der Waals surface area contributed by atoms with Crippen LogP contribution in [0.3, 0.4) is 0 Å². The number of methoxy groups -OCH3 is 1. The normalized spacial score (nSPS) is 17.8. The van der Waals surface area contributed by atoms with Gasteiger partial charge in [-0.1, -0.05) is 6.07 Å². The first-order valence-corrected chi connectivity index (χ1v) is 12.0. The smallest absolute Gasteiger partial charge is 0.387 e. The quantitative estimate of drug-likeness (QED) is 0.428. The van der Waals surface area contributed by atoms with E-state index in [-0.39, 0.29) is 41.4 Å². The second-order valence-electron chi connectivity index (χ2n) is 9.00. The van der Waals surface area contributed by atoms with Crippen molar-refractivity contribution in [2.75, 3.05) is 18.6 Å². The van der Waals surface area contributed by atoms with Gasteiger partial charge in [-0.3, -0.25) is 14.4 Å². The Hall–Kier alpha value is -4.32. The van der Waals surface area contributed by atoms with Crippen LogP contribution in [-0.2, 0) is 11.3 Å². The van der Waals surface area contributed by atoms with Crippen LogP contribution >= 0.6 is 0 Å². The number of carbonyl (C=O) groups is 2. The number of ether oxygens (including phenoxy) is 2. The summed E-state index contributed by atoms with van der Waals surface area (Å²) in [6.07, 6.45) is 0.651. The van der Waals surface area contributed by atoms with Gasteiger partial charge < -0.3 is 29.4 Å². The number of aromatic nitrogens is 1. The van der Waals surface area contributed by atoms with Crippen LogP contribution < -0.4 is 25.2 Å². The number of alkyl halides is 2.